The quantitative estimate of drug-likeness (QED) is 0.519. The van der Waals surface area contributed by atoms with Crippen LogP contribution in [0.4, 0.5) is 0 Å². The lowest BCUT2D eigenvalue weighted by Gasteiger charge is -2.23. The first kappa shape index (κ1) is 24.8. The van der Waals surface area contributed by atoms with Crippen molar-refractivity contribution in [2.24, 2.45) is 5.92 Å². The molecule has 1 saturated carbocycles. The molecule has 1 aliphatic carbocycles. The SMILES string of the molecule is CC(C)(C)OC(=O)C[C@@H](CCCC1CCCCC1)c1nc(CCNS(C)(=O)=O)no1. The standard InChI is InChI=1S/C21H37N3O5S/c1-21(2,3)28-19(25)15-17(12-8-11-16-9-6-5-7-10-16)20-23-18(24-29-20)13-14-22-30(4,26)27/h16-17,22H,5-15H2,1-4H3/t17-/m1/s1. The van der Waals surface area contributed by atoms with E-state index in [1.165, 1.54) is 32.1 Å². The summed E-state index contributed by atoms with van der Waals surface area (Å²) >= 11 is 0. The van der Waals surface area contributed by atoms with Crippen LogP contribution in [0.5, 0.6) is 0 Å². The molecule has 0 aromatic carbocycles. The molecule has 0 radical (unpaired) electrons. The Kier molecular flexibility index (Phi) is 9.28. The number of hydrogen-bond donors (Lipinski definition) is 1. The van der Waals surface area contributed by atoms with Crippen molar-refractivity contribution in [2.75, 3.05) is 12.8 Å². The Morgan fingerprint density at radius 3 is 2.60 bits per heavy atom. The molecule has 0 spiro atoms. The van der Waals surface area contributed by atoms with Gasteiger partial charge in [0, 0.05) is 18.9 Å². The van der Waals surface area contributed by atoms with Gasteiger partial charge in [0.25, 0.3) is 0 Å². The minimum Gasteiger partial charge on any atom is -0.460 e. The van der Waals surface area contributed by atoms with E-state index in [1.807, 2.05) is 20.8 Å². The molecule has 0 unspecified atom stereocenters. The molecule has 1 aromatic rings. The number of esters is 1. The van der Waals surface area contributed by atoms with Gasteiger partial charge < -0.3 is 9.26 Å². The highest BCUT2D eigenvalue weighted by Crippen LogP contribution is 2.31. The lowest BCUT2D eigenvalue weighted by molar-refractivity contribution is -0.155. The van der Waals surface area contributed by atoms with Gasteiger partial charge in [-0.15, -0.1) is 0 Å². The molecule has 1 atom stereocenters. The van der Waals surface area contributed by atoms with Gasteiger partial charge in [0.05, 0.1) is 12.7 Å². The fraction of sp³-hybridized carbons (Fsp3) is 0.857. The number of aromatic nitrogens is 2. The van der Waals surface area contributed by atoms with E-state index in [0.29, 0.717) is 18.1 Å². The molecule has 1 aromatic heterocycles. The van der Waals surface area contributed by atoms with Crippen LogP contribution in [0.25, 0.3) is 0 Å². The van der Waals surface area contributed by atoms with Crippen molar-refractivity contribution in [3.05, 3.63) is 11.7 Å². The number of hydrogen-bond acceptors (Lipinski definition) is 7. The Morgan fingerprint density at radius 2 is 1.97 bits per heavy atom. The van der Waals surface area contributed by atoms with E-state index >= 15 is 0 Å². The van der Waals surface area contributed by atoms with Crippen molar-refractivity contribution in [2.45, 2.75) is 96.5 Å². The Hall–Kier alpha value is -1.48. The van der Waals surface area contributed by atoms with Gasteiger partial charge >= 0.3 is 5.97 Å². The highest BCUT2D eigenvalue weighted by Gasteiger charge is 2.26. The molecular weight excluding hydrogens is 406 g/mol. The van der Waals surface area contributed by atoms with Gasteiger partial charge in [0.15, 0.2) is 5.82 Å². The minimum absolute atomic E-state index is 0.187. The van der Waals surface area contributed by atoms with Crippen molar-refractivity contribution < 1.29 is 22.5 Å². The highest BCUT2D eigenvalue weighted by atomic mass is 32.2. The largest absolute Gasteiger partial charge is 0.460 e. The van der Waals surface area contributed by atoms with Gasteiger partial charge in [-0.2, -0.15) is 4.98 Å². The average molecular weight is 444 g/mol. The molecule has 2 rings (SSSR count). The third-order valence-electron chi connectivity index (χ3n) is 5.27. The van der Waals surface area contributed by atoms with Crippen molar-refractivity contribution >= 4 is 16.0 Å². The molecule has 0 saturated heterocycles. The molecule has 172 valence electrons. The van der Waals surface area contributed by atoms with Crippen molar-refractivity contribution in [3.63, 3.8) is 0 Å². The van der Waals surface area contributed by atoms with Crippen LogP contribution in [-0.2, 0) is 26.0 Å². The summed E-state index contributed by atoms with van der Waals surface area (Å²) in [5.74, 6) is 1.18. The number of carbonyl (C=O) groups excluding carboxylic acids is 1. The smallest absolute Gasteiger partial charge is 0.307 e. The lowest BCUT2D eigenvalue weighted by atomic mass is 9.84. The first-order chi connectivity index (χ1) is 14.0. The molecular formula is C21H37N3O5S. The second kappa shape index (κ2) is 11.2. The van der Waals surface area contributed by atoms with Crippen LogP contribution in [0.15, 0.2) is 4.52 Å². The summed E-state index contributed by atoms with van der Waals surface area (Å²) in [7, 11) is -3.26. The predicted molar refractivity (Wildman–Crippen MR) is 114 cm³/mol. The predicted octanol–water partition coefficient (Wildman–Crippen LogP) is 3.73. The second-order valence-electron chi connectivity index (χ2n) is 9.39. The Bertz CT molecular complexity index is 764. The number of rotatable bonds is 11. The second-order valence-corrected chi connectivity index (χ2v) is 11.2. The first-order valence-electron chi connectivity index (χ1n) is 11.0. The molecule has 1 fully saturated rings. The number of nitrogens with zero attached hydrogens (tertiary/aromatic N) is 2. The summed E-state index contributed by atoms with van der Waals surface area (Å²) in [6.45, 7) is 5.75. The highest BCUT2D eigenvalue weighted by molar-refractivity contribution is 7.88. The van der Waals surface area contributed by atoms with Crippen LogP contribution in [0.2, 0.25) is 0 Å². The van der Waals surface area contributed by atoms with Gasteiger partial charge in [-0.1, -0.05) is 50.1 Å². The molecule has 8 nitrogen and oxygen atoms in total. The molecule has 1 N–H and O–H groups in total. The van der Waals surface area contributed by atoms with Crippen molar-refractivity contribution in [1.82, 2.24) is 14.9 Å². The van der Waals surface area contributed by atoms with Crippen LogP contribution in [0.3, 0.4) is 0 Å². The van der Waals surface area contributed by atoms with E-state index < -0.39 is 15.6 Å². The fourth-order valence-electron chi connectivity index (χ4n) is 3.91. The van der Waals surface area contributed by atoms with E-state index in [4.69, 9.17) is 9.26 Å². The maximum absolute atomic E-state index is 12.4. The summed E-state index contributed by atoms with van der Waals surface area (Å²) in [6.07, 6.45) is 11.2. The zero-order chi connectivity index (χ0) is 22.2. The van der Waals surface area contributed by atoms with Crippen molar-refractivity contribution in [1.29, 1.82) is 0 Å². The minimum atomic E-state index is -3.26. The van der Waals surface area contributed by atoms with E-state index in [0.717, 1.165) is 31.4 Å². The van der Waals surface area contributed by atoms with Gasteiger partial charge in [-0.05, 0) is 33.1 Å². The van der Waals surface area contributed by atoms with Gasteiger partial charge in [0.1, 0.15) is 5.60 Å². The van der Waals surface area contributed by atoms with Crippen LogP contribution in [0.1, 0.15) is 96.2 Å². The third-order valence-corrected chi connectivity index (χ3v) is 6.00. The molecule has 9 heteroatoms. The fourth-order valence-corrected chi connectivity index (χ4v) is 4.38. The maximum atomic E-state index is 12.4. The number of sulfonamides is 1. The van der Waals surface area contributed by atoms with E-state index in [1.54, 1.807) is 0 Å². The normalized spacial score (nSPS) is 17.1. The molecule has 1 aliphatic rings. The third kappa shape index (κ3) is 10.0. The van der Waals surface area contributed by atoms with Gasteiger partial charge in [0.2, 0.25) is 15.9 Å². The summed E-state index contributed by atoms with van der Waals surface area (Å²) in [6, 6.07) is 0. The van der Waals surface area contributed by atoms with Gasteiger partial charge in [-0.3, -0.25) is 4.79 Å². The molecule has 30 heavy (non-hydrogen) atoms. The van der Waals surface area contributed by atoms with E-state index in [9.17, 15) is 13.2 Å². The summed E-state index contributed by atoms with van der Waals surface area (Å²) in [5, 5.41) is 3.96. The zero-order valence-corrected chi connectivity index (χ0v) is 19.6. The Morgan fingerprint density at radius 1 is 1.27 bits per heavy atom. The molecule has 0 amide bonds. The molecule has 0 bridgehead atoms. The monoisotopic (exact) mass is 443 g/mol. The zero-order valence-electron chi connectivity index (χ0n) is 18.8. The molecule has 1 heterocycles. The lowest BCUT2D eigenvalue weighted by Crippen LogP contribution is -2.25. The van der Waals surface area contributed by atoms with Crippen LogP contribution < -0.4 is 4.72 Å². The van der Waals surface area contributed by atoms with Crippen LogP contribution in [-0.4, -0.2) is 42.9 Å². The first-order valence-corrected chi connectivity index (χ1v) is 12.9. The van der Waals surface area contributed by atoms with Crippen molar-refractivity contribution in [3.8, 4) is 0 Å². The summed E-state index contributed by atoms with van der Waals surface area (Å²) < 4.78 is 35.7. The Balaban J connectivity index is 1.96. The van der Waals surface area contributed by atoms with Crippen LogP contribution >= 0.6 is 0 Å². The van der Waals surface area contributed by atoms with Crippen LogP contribution in [0, 0.1) is 5.92 Å². The Labute approximate surface area is 180 Å². The summed E-state index contributed by atoms with van der Waals surface area (Å²) in [5.41, 5.74) is -0.541. The summed E-state index contributed by atoms with van der Waals surface area (Å²) in [4.78, 5) is 16.8. The number of ether oxygens (including phenoxy) is 1. The average Bonchev–Trinajstić information content (AvgIpc) is 3.08. The molecule has 0 aliphatic heterocycles. The number of nitrogens with one attached hydrogen (secondary N) is 1. The number of carbonyl (C=O) groups is 1. The van der Waals surface area contributed by atoms with Gasteiger partial charge in [-0.25, -0.2) is 13.1 Å². The maximum Gasteiger partial charge on any atom is 0.307 e. The van der Waals surface area contributed by atoms with E-state index in [2.05, 4.69) is 14.9 Å². The topological polar surface area (TPSA) is 111 Å². The van der Waals surface area contributed by atoms with E-state index in [-0.39, 0.29) is 24.9 Å².